The maximum atomic E-state index is 8.78. The Morgan fingerprint density at radius 3 is 1.38 bits per heavy atom. The van der Waals surface area contributed by atoms with Gasteiger partial charge in [0.1, 0.15) is 0 Å². The van der Waals surface area contributed by atoms with Gasteiger partial charge in [0.25, 0.3) is 0 Å². The van der Waals surface area contributed by atoms with Gasteiger partial charge in [-0.25, -0.2) is 0 Å². The van der Waals surface area contributed by atoms with Gasteiger partial charge in [-0.3, -0.25) is 0 Å². The summed E-state index contributed by atoms with van der Waals surface area (Å²) in [5.74, 6) is 0. The fourth-order valence-corrected chi connectivity index (χ4v) is 0. The zero-order valence-electron chi connectivity index (χ0n) is 4.77. The van der Waals surface area contributed by atoms with E-state index in [-0.39, 0.29) is 6.10 Å². The summed E-state index contributed by atoms with van der Waals surface area (Å²) in [7, 11) is 0. The van der Waals surface area contributed by atoms with E-state index >= 15 is 0 Å². The van der Waals surface area contributed by atoms with E-state index in [1.807, 2.05) is 0 Å². The molecule has 0 saturated heterocycles. The van der Waals surface area contributed by atoms with Gasteiger partial charge in [-0.15, -0.1) is 0 Å². The van der Waals surface area contributed by atoms with Crippen LogP contribution in [0.4, 0.5) is 0 Å². The quantitative estimate of drug-likeness (QED) is 0.432. The molecule has 3 N–H and O–H groups in total. The molecule has 0 aliphatic heterocycles. The topological polar surface area (TPSA) is 77.8 Å². The summed E-state index contributed by atoms with van der Waals surface area (Å²) in [6.45, 7) is 3.44. The molecule has 0 unspecified atom stereocenters. The fraction of sp³-hybridized carbons (Fsp3) is 1.00. The molecule has 0 rings (SSSR count). The SMILES string of the molecule is CC(C)O.[O]=[V]([OH])[OH]. The Morgan fingerprint density at radius 2 is 1.38 bits per heavy atom. The summed E-state index contributed by atoms with van der Waals surface area (Å²) in [4.78, 5) is 0. The molecule has 0 spiro atoms. The monoisotopic (exact) mass is 161 g/mol. The third-order valence-electron chi connectivity index (χ3n) is 0. The zero-order valence-corrected chi connectivity index (χ0v) is 6.17. The van der Waals surface area contributed by atoms with Gasteiger partial charge in [0.2, 0.25) is 0 Å². The molecule has 0 heterocycles. The first-order chi connectivity index (χ1) is 3.46. The van der Waals surface area contributed by atoms with Crippen LogP contribution in [0.3, 0.4) is 0 Å². The Bertz CT molecular complexity index is 55.5. The third kappa shape index (κ3) is 2480. The van der Waals surface area contributed by atoms with Gasteiger partial charge < -0.3 is 5.11 Å². The van der Waals surface area contributed by atoms with E-state index in [1.54, 1.807) is 13.8 Å². The zero-order chi connectivity index (χ0) is 7.15. The van der Waals surface area contributed by atoms with E-state index in [0.717, 1.165) is 0 Å². The summed E-state index contributed by atoms with van der Waals surface area (Å²) < 4.78 is 23.2. The Hall–Kier alpha value is 0.264. The second-order valence-corrected chi connectivity index (χ2v) is 2.14. The van der Waals surface area contributed by atoms with Gasteiger partial charge in [0.05, 0.1) is 0 Å². The van der Waals surface area contributed by atoms with E-state index in [0.29, 0.717) is 0 Å². The van der Waals surface area contributed by atoms with Crippen LogP contribution >= 0.6 is 0 Å². The van der Waals surface area contributed by atoms with Crippen molar-refractivity contribution < 1.29 is 32.6 Å². The molecule has 0 aromatic heterocycles. The van der Waals surface area contributed by atoms with Crippen LogP contribution in [-0.2, 0) is 19.5 Å². The van der Waals surface area contributed by atoms with Crippen LogP contribution < -0.4 is 0 Å². The molecule has 0 aromatic carbocycles. The van der Waals surface area contributed by atoms with Gasteiger partial charge in [-0.1, -0.05) is 0 Å². The van der Waals surface area contributed by atoms with Crippen molar-refractivity contribution in [3.05, 3.63) is 0 Å². The molecule has 4 nitrogen and oxygen atoms in total. The van der Waals surface area contributed by atoms with E-state index in [9.17, 15) is 0 Å². The van der Waals surface area contributed by atoms with Gasteiger partial charge in [-0.2, -0.15) is 0 Å². The predicted molar refractivity (Wildman–Crippen MR) is 22.5 cm³/mol. The van der Waals surface area contributed by atoms with Crippen molar-refractivity contribution in [2.75, 3.05) is 0 Å². The van der Waals surface area contributed by atoms with Crippen molar-refractivity contribution in [3.8, 4) is 0 Å². The molecule has 0 aliphatic rings. The average molecular weight is 161 g/mol. The summed E-state index contributed by atoms with van der Waals surface area (Å²) in [6.07, 6.45) is -0.167. The molecule has 0 aromatic rings. The molecule has 8 heavy (non-hydrogen) atoms. The number of hydrogen-bond acceptors (Lipinski definition) is 2. The molecule has 0 fully saturated rings. The molecular weight excluding hydrogens is 151 g/mol. The van der Waals surface area contributed by atoms with Gasteiger partial charge in [0.15, 0.2) is 0 Å². The second kappa shape index (κ2) is 7.26. The minimum atomic E-state index is -3.44. The van der Waals surface area contributed by atoms with Crippen LogP contribution in [0.5, 0.6) is 0 Å². The fourth-order valence-electron chi connectivity index (χ4n) is 0. The van der Waals surface area contributed by atoms with Crippen molar-refractivity contribution in [1.82, 2.24) is 0 Å². The van der Waals surface area contributed by atoms with Gasteiger partial charge in [-0.05, 0) is 13.8 Å². The Morgan fingerprint density at radius 1 is 1.38 bits per heavy atom. The molecule has 51 valence electrons. The number of aliphatic hydroxyl groups excluding tert-OH is 1. The summed E-state index contributed by atoms with van der Waals surface area (Å²) in [6, 6.07) is 0. The van der Waals surface area contributed by atoms with Gasteiger partial charge in [0, 0.05) is 6.10 Å². The van der Waals surface area contributed by atoms with E-state index in [4.69, 9.17) is 16.8 Å². The van der Waals surface area contributed by atoms with E-state index in [1.165, 1.54) is 0 Å². The van der Waals surface area contributed by atoms with E-state index < -0.39 is 15.8 Å². The number of aliphatic hydroxyl groups is 1. The summed E-state index contributed by atoms with van der Waals surface area (Å²) >= 11 is -3.44. The van der Waals surface area contributed by atoms with Crippen LogP contribution in [0.25, 0.3) is 0 Å². The first kappa shape index (κ1) is 11.1. The molecule has 0 saturated carbocycles. The molecular formula is C3H10O4V. The van der Waals surface area contributed by atoms with Gasteiger partial charge >= 0.3 is 27.5 Å². The first-order valence-corrected chi connectivity index (χ1v) is 3.81. The average Bonchev–Trinajstić information content (AvgIpc) is 1.25. The Kier molecular flexibility index (Phi) is 10.1. The maximum absolute atomic E-state index is 8.78. The van der Waals surface area contributed by atoms with Crippen molar-refractivity contribution >= 4 is 0 Å². The number of hydrogen-bond donors (Lipinski definition) is 3. The molecule has 0 atom stereocenters. The molecule has 0 aliphatic carbocycles. The Balaban J connectivity index is 0. The summed E-state index contributed by atoms with van der Waals surface area (Å²) in [5, 5.41) is 8.06. The third-order valence-corrected chi connectivity index (χ3v) is 0. The van der Waals surface area contributed by atoms with Crippen LogP contribution in [0.15, 0.2) is 0 Å². The standard InChI is InChI=1S/C3H8O.2H2O.O.V/c1-3(2)4;;;;/h3-4H,1-2H3;2*1H2;;/q;;;;+2/p-2. The van der Waals surface area contributed by atoms with Crippen molar-refractivity contribution in [3.63, 3.8) is 0 Å². The second-order valence-electron chi connectivity index (χ2n) is 1.35. The van der Waals surface area contributed by atoms with Crippen molar-refractivity contribution in [2.24, 2.45) is 0 Å². The minimum absolute atomic E-state index is 0.167. The molecule has 5 heteroatoms. The molecule has 0 bridgehead atoms. The summed E-state index contributed by atoms with van der Waals surface area (Å²) in [5.41, 5.74) is 0. The predicted octanol–water partition coefficient (Wildman–Crippen LogP) is -0.848. The Labute approximate surface area is 53.3 Å². The van der Waals surface area contributed by atoms with Crippen LogP contribution in [0.2, 0.25) is 0 Å². The molecule has 0 amide bonds. The van der Waals surface area contributed by atoms with E-state index in [2.05, 4.69) is 0 Å². The van der Waals surface area contributed by atoms with Crippen LogP contribution in [-0.4, -0.2) is 19.3 Å². The number of rotatable bonds is 0. The normalized spacial score (nSPS) is 7.75. The van der Waals surface area contributed by atoms with Crippen molar-refractivity contribution in [2.45, 2.75) is 20.0 Å². The van der Waals surface area contributed by atoms with Crippen LogP contribution in [0.1, 0.15) is 13.8 Å². The molecule has 0 radical (unpaired) electrons. The first-order valence-electron chi connectivity index (χ1n) is 2.00. The van der Waals surface area contributed by atoms with Crippen LogP contribution in [0, 0.1) is 0 Å². The van der Waals surface area contributed by atoms with Crippen molar-refractivity contribution in [1.29, 1.82) is 0 Å².